The number of ether oxygens (including phenoxy) is 1. The molecule has 2 amide bonds. The number of hydrogen-bond donors (Lipinski definition) is 2. The molecule has 2 N–H and O–H groups in total. The van der Waals surface area contributed by atoms with E-state index < -0.39 is 0 Å². The maximum Gasteiger partial charge on any atom is 0.223 e. The van der Waals surface area contributed by atoms with Crippen molar-refractivity contribution in [2.45, 2.75) is 40.0 Å². The zero-order valence-electron chi connectivity index (χ0n) is 21.3. The number of amides is 2. The SMILES string of the molecule is CCOc1ccc(CCNC(=O)C2CCN(c3c(NC(C)=O)c(C)nn3-c3ccccc3)CC2)cc1. The molecule has 1 fully saturated rings. The molecule has 4 rings (SSSR count). The molecule has 0 unspecified atom stereocenters. The van der Waals surface area contributed by atoms with Crippen molar-refractivity contribution in [2.75, 3.05) is 36.5 Å². The Labute approximate surface area is 212 Å². The Bertz CT molecular complexity index is 1170. The van der Waals surface area contributed by atoms with Crippen molar-refractivity contribution in [3.05, 3.63) is 65.9 Å². The highest BCUT2D eigenvalue weighted by atomic mass is 16.5. The summed E-state index contributed by atoms with van der Waals surface area (Å²) in [6, 6.07) is 17.9. The van der Waals surface area contributed by atoms with Gasteiger partial charge in [0.15, 0.2) is 5.82 Å². The largest absolute Gasteiger partial charge is 0.494 e. The smallest absolute Gasteiger partial charge is 0.223 e. The molecule has 190 valence electrons. The third-order valence-corrected chi connectivity index (χ3v) is 6.45. The molecule has 0 radical (unpaired) electrons. The van der Waals surface area contributed by atoms with Crippen LogP contribution in [0.25, 0.3) is 5.69 Å². The maximum absolute atomic E-state index is 12.9. The number of benzene rings is 2. The lowest BCUT2D eigenvalue weighted by molar-refractivity contribution is -0.125. The van der Waals surface area contributed by atoms with E-state index in [9.17, 15) is 9.59 Å². The maximum atomic E-state index is 12.9. The van der Waals surface area contributed by atoms with Crippen molar-refractivity contribution in [2.24, 2.45) is 5.92 Å². The number of nitrogens with zero attached hydrogens (tertiary/aromatic N) is 3. The van der Waals surface area contributed by atoms with E-state index in [1.165, 1.54) is 12.5 Å². The molecule has 36 heavy (non-hydrogen) atoms. The molecule has 3 aromatic rings. The van der Waals surface area contributed by atoms with Crippen molar-refractivity contribution in [1.29, 1.82) is 0 Å². The predicted molar refractivity (Wildman–Crippen MR) is 142 cm³/mol. The number of nitrogens with one attached hydrogen (secondary N) is 2. The van der Waals surface area contributed by atoms with Crippen LogP contribution in [0.15, 0.2) is 54.6 Å². The van der Waals surface area contributed by atoms with Gasteiger partial charge in [-0.25, -0.2) is 4.68 Å². The Morgan fingerprint density at radius 3 is 2.39 bits per heavy atom. The van der Waals surface area contributed by atoms with Gasteiger partial charge in [0.2, 0.25) is 11.8 Å². The average molecular weight is 490 g/mol. The number of hydrogen-bond acceptors (Lipinski definition) is 5. The van der Waals surface area contributed by atoms with Gasteiger partial charge in [-0.05, 0) is 62.9 Å². The topological polar surface area (TPSA) is 88.5 Å². The average Bonchev–Trinajstić information content (AvgIpc) is 3.21. The summed E-state index contributed by atoms with van der Waals surface area (Å²) in [6.45, 7) is 8.06. The normalized spacial score (nSPS) is 13.9. The summed E-state index contributed by atoms with van der Waals surface area (Å²) in [5.41, 5.74) is 3.59. The van der Waals surface area contributed by atoms with Crippen LogP contribution in [0.1, 0.15) is 37.9 Å². The molecule has 0 spiro atoms. The number of anilines is 2. The van der Waals surface area contributed by atoms with E-state index in [2.05, 4.69) is 15.5 Å². The Balaban J connectivity index is 1.37. The monoisotopic (exact) mass is 489 g/mol. The number of carbonyl (C=O) groups excluding carboxylic acids is 2. The van der Waals surface area contributed by atoms with Crippen LogP contribution in [0.4, 0.5) is 11.5 Å². The lowest BCUT2D eigenvalue weighted by Crippen LogP contribution is -2.41. The van der Waals surface area contributed by atoms with Crippen LogP contribution in [0.5, 0.6) is 5.75 Å². The van der Waals surface area contributed by atoms with Crippen LogP contribution >= 0.6 is 0 Å². The quantitative estimate of drug-likeness (QED) is 0.472. The van der Waals surface area contributed by atoms with Crippen molar-refractivity contribution in [1.82, 2.24) is 15.1 Å². The fourth-order valence-electron chi connectivity index (χ4n) is 4.63. The number of carbonyl (C=O) groups is 2. The van der Waals surface area contributed by atoms with Crippen LogP contribution in [-0.2, 0) is 16.0 Å². The molecule has 0 bridgehead atoms. The van der Waals surface area contributed by atoms with Crippen LogP contribution in [0.2, 0.25) is 0 Å². The van der Waals surface area contributed by atoms with E-state index in [4.69, 9.17) is 9.84 Å². The first-order chi connectivity index (χ1) is 17.5. The first-order valence-electron chi connectivity index (χ1n) is 12.6. The summed E-state index contributed by atoms with van der Waals surface area (Å²) < 4.78 is 7.37. The minimum absolute atomic E-state index is 0.0278. The zero-order chi connectivity index (χ0) is 25.5. The Morgan fingerprint density at radius 1 is 1.06 bits per heavy atom. The minimum Gasteiger partial charge on any atom is -0.494 e. The summed E-state index contributed by atoms with van der Waals surface area (Å²) in [4.78, 5) is 27.0. The third kappa shape index (κ3) is 6.05. The van der Waals surface area contributed by atoms with E-state index in [0.717, 1.165) is 47.9 Å². The highest BCUT2D eigenvalue weighted by molar-refractivity contribution is 5.93. The number of para-hydroxylation sites is 1. The minimum atomic E-state index is -0.131. The van der Waals surface area contributed by atoms with Gasteiger partial charge < -0.3 is 20.3 Å². The molecular formula is C28H35N5O3. The van der Waals surface area contributed by atoms with E-state index >= 15 is 0 Å². The molecule has 8 nitrogen and oxygen atoms in total. The first-order valence-corrected chi connectivity index (χ1v) is 12.6. The third-order valence-electron chi connectivity index (χ3n) is 6.45. The number of aryl methyl sites for hydroxylation is 1. The number of rotatable bonds is 9. The van der Waals surface area contributed by atoms with Gasteiger partial charge in [-0.15, -0.1) is 0 Å². The second-order valence-electron chi connectivity index (χ2n) is 9.09. The van der Waals surface area contributed by atoms with Crippen LogP contribution < -0.4 is 20.3 Å². The molecule has 1 aromatic heterocycles. The van der Waals surface area contributed by atoms with Crippen molar-refractivity contribution < 1.29 is 14.3 Å². The summed E-state index contributed by atoms with van der Waals surface area (Å²) in [5.74, 6) is 1.68. The summed E-state index contributed by atoms with van der Waals surface area (Å²) in [5, 5.41) is 10.8. The molecule has 0 aliphatic carbocycles. The highest BCUT2D eigenvalue weighted by Crippen LogP contribution is 2.34. The molecular weight excluding hydrogens is 454 g/mol. The second kappa shape index (κ2) is 11.7. The molecule has 1 saturated heterocycles. The molecule has 8 heteroatoms. The standard InChI is InChI=1S/C28H35N5O3/c1-4-36-25-12-10-22(11-13-25)14-17-29-27(35)23-15-18-32(19-16-23)28-26(30-21(3)34)20(2)31-33(28)24-8-6-5-7-9-24/h5-13,23H,4,14-19H2,1-3H3,(H,29,35)(H,30,34). The van der Waals surface area contributed by atoms with Crippen molar-refractivity contribution in [3.8, 4) is 11.4 Å². The Kier molecular flexibility index (Phi) is 8.25. The van der Waals surface area contributed by atoms with Gasteiger partial charge in [0.05, 0.1) is 18.0 Å². The predicted octanol–water partition coefficient (Wildman–Crippen LogP) is 4.11. The first kappa shape index (κ1) is 25.3. The Hall–Kier alpha value is -3.81. The van der Waals surface area contributed by atoms with Gasteiger partial charge in [0, 0.05) is 32.5 Å². The fraction of sp³-hybridized carbons (Fsp3) is 0.393. The van der Waals surface area contributed by atoms with Crippen LogP contribution in [0, 0.1) is 12.8 Å². The van der Waals surface area contributed by atoms with Gasteiger partial charge in [-0.3, -0.25) is 9.59 Å². The van der Waals surface area contributed by atoms with Crippen LogP contribution in [-0.4, -0.2) is 47.8 Å². The summed E-state index contributed by atoms with van der Waals surface area (Å²) in [6.07, 6.45) is 2.27. The zero-order valence-corrected chi connectivity index (χ0v) is 21.3. The second-order valence-corrected chi connectivity index (χ2v) is 9.09. The Morgan fingerprint density at radius 2 is 1.75 bits per heavy atom. The fourth-order valence-corrected chi connectivity index (χ4v) is 4.63. The highest BCUT2D eigenvalue weighted by Gasteiger charge is 2.29. The lowest BCUT2D eigenvalue weighted by atomic mass is 9.95. The van der Waals surface area contributed by atoms with Gasteiger partial charge >= 0.3 is 0 Å². The molecule has 2 heterocycles. The van der Waals surface area contributed by atoms with Crippen molar-refractivity contribution in [3.63, 3.8) is 0 Å². The molecule has 2 aromatic carbocycles. The van der Waals surface area contributed by atoms with Crippen LogP contribution in [0.3, 0.4) is 0 Å². The van der Waals surface area contributed by atoms with E-state index in [0.29, 0.717) is 26.2 Å². The number of aromatic nitrogens is 2. The summed E-state index contributed by atoms with van der Waals surface area (Å²) >= 11 is 0. The van der Waals surface area contributed by atoms with E-state index in [-0.39, 0.29) is 17.7 Å². The number of piperidine rings is 1. The van der Waals surface area contributed by atoms with E-state index in [1.807, 2.05) is 73.1 Å². The van der Waals surface area contributed by atoms with Gasteiger partial charge in [0.1, 0.15) is 11.4 Å². The van der Waals surface area contributed by atoms with Gasteiger partial charge in [0.25, 0.3) is 0 Å². The summed E-state index contributed by atoms with van der Waals surface area (Å²) in [7, 11) is 0. The van der Waals surface area contributed by atoms with E-state index in [1.54, 1.807) is 0 Å². The molecule has 0 atom stereocenters. The van der Waals surface area contributed by atoms with Gasteiger partial charge in [-0.2, -0.15) is 5.10 Å². The molecule has 1 aliphatic rings. The lowest BCUT2D eigenvalue weighted by Gasteiger charge is -2.33. The van der Waals surface area contributed by atoms with Gasteiger partial charge in [-0.1, -0.05) is 30.3 Å². The van der Waals surface area contributed by atoms with Crippen molar-refractivity contribution >= 4 is 23.3 Å². The molecule has 0 saturated carbocycles. The molecule has 1 aliphatic heterocycles.